The minimum Gasteiger partial charge on any atom is -0.355 e. The van der Waals surface area contributed by atoms with E-state index in [1.165, 1.54) is 5.56 Å². The van der Waals surface area contributed by atoms with Gasteiger partial charge in [-0.05, 0) is 31.4 Å². The van der Waals surface area contributed by atoms with Crippen molar-refractivity contribution in [1.82, 2.24) is 10.2 Å². The second-order valence-corrected chi connectivity index (χ2v) is 4.58. The van der Waals surface area contributed by atoms with E-state index in [2.05, 4.69) is 34.5 Å². The van der Waals surface area contributed by atoms with Crippen molar-refractivity contribution in [3.05, 3.63) is 35.9 Å². The number of carbonyl (C=O) groups is 1. The fourth-order valence-electron chi connectivity index (χ4n) is 2.43. The minimum atomic E-state index is 0.140. The molecule has 1 aliphatic rings. The third kappa shape index (κ3) is 3.30. The van der Waals surface area contributed by atoms with Gasteiger partial charge in [0.15, 0.2) is 0 Å². The standard InChI is InChI=1S/C14H20N2O/c1-2-15-14(17)11-16-9-8-13(10-16)12-6-4-3-5-7-12/h3-7,13H,2,8-11H2,1H3,(H,15,17)/t13-/m1/s1. The Kier molecular flexibility index (Phi) is 4.15. The molecule has 17 heavy (non-hydrogen) atoms. The maximum absolute atomic E-state index is 11.5. The molecule has 1 atom stereocenters. The topological polar surface area (TPSA) is 32.3 Å². The van der Waals surface area contributed by atoms with Crippen LogP contribution in [0.15, 0.2) is 30.3 Å². The molecule has 92 valence electrons. The first-order valence-electron chi connectivity index (χ1n) is 6.33. The fraction of sp³-hybridized carbons (Fsp3) is 0.500. The van der Waals surface area contributed by atoms with Crippen LogP contribution in [0, 0.1) is 0 Å². The third-order valence-corrected chi connectivity index (χ3v) is 3.28. The Hall–Kier alpha value is -1.35. The molecule has 1 amide bonds. The zero-order chi connectivity index (χ0) is 12.1. The minimum absolute atomic E-state index is 0.140. The van der Waals surface area contributed by atoms with E-state index in [0.29, 0.717) is 12.5 Å². The highest BCUT2D eigenvalue weighted by Crippen LogP contribution is 2.26. The molecule has 1 saturated heterocycles. The van der Waals surface area contributed by atoms with E-state index in [1.807, 2.05) is 13.0 Å². The molecule has 0 unspecified atom stereocenters. The van der Waals surface area contributed by atoms with Crippen LogP contribution in [0.1, 0.15) is 24.8 Å². The van der Waals surface area contributed by atoms with Gasteiger partial charge in [0.05, 0.1) is 6.54 Å². The highest BCUT2D eigenvalue weighted by Gasteiger charge is 2.24. The Balaban J connectivity index is 1.86. The molecular weight excluding hydrogens is 212 g/mol. The third-order valence-electron chi connectivity index (χ3n) is 3.28. The van der Waals surface area contributed by atoms with Gasteiger partial charge in [0.1, 0.15) is 0 Å². The van der Waals surface area contributed by atoms with Crippen LogP contribution in [0.2, 0.25) is 0 Å². The Morgan fingerprint density at radius 2 is 2.18 bits per heavy atom. The second kappa shape index (κ2) is 5.82. The van der Waals surface area contributed by atoms with E-state index in [4.69, 9.17) is 0 Å². The van der Waals surface area contributed by atoms with Crippen LogP contribution in [0.4, 0.5) is 0 Å². The molecule has 1 N–H and O–H groups in total. The summed E-state index contributed by atoms with van der Waals surface area (Å²) in [4.78, 5) is 13.7. The lowest BCUT2D eigenvalue weighted by atomic mass is 9.99. The summed E-state index contributed by atoms with van der Waals surface area (Å²) in [6.07, 6.45) is 1.16. The van der Waals surface area contributed by atoms with Crippen molar-refractivity contribution in [3.8, 4) is 0 Å². The summed E-state index contributed by atoms with van der Waals surface area (Å²) in [5.74, 6) is 0.729. The van der Waals surface area contributed by atoms with E-state index in [9.17, 15) is 4.79 Å². The molecule has 2 rings (SSSR count). The van der Waals surface area contributed by atoms with Gasteiger partial charge in [-0.1, -0.05) is 30.3 Å². The first-order chi connectivity index (χ1) is 8.29. The molecule has 1 heterocycles. The lowest BCUT2D eigenvalue weighted by Crippen LogP contribution is -2.35. The predicted molar refractivity (Wildman–Crippen MR) is 68.9 cm³/mol. The van der Waals surface area contributed by atoms with Gasteiger partial charge in [0, 0.05) is 13.1 Å². The Labute approximate surface area is 103 Å². The maximum Gasteiger partial charge on any atom is 0.234 e. The number of amides is 1. The van der Waals surface area contributed by atoms with Gasteiger partial charge in [0.2, 0.25) is 5.91 Å². The quantitative estimate of drug-likeness (QED) is 0.855. The number of likely N-dealkylation sites (N-methyl/N-ethyl adjacent to an activating group) is 1. The molecule has 0 aromatic heterocycles. The van der Waals surface area contributed by atoms with Crippen molar-refractivity contribution >= 4 is 5.91 Å². The molecule has 0 saturated carbocycles. The SMILES string of the molecule is CCNC(=O)CN1CC[C@@H](c2ccccc2)C1. The van der Waals surface area contributed by atoms with Gasteiger partial charge in [-0.3, -0.25) is 9.69 Å². The zero-order valence-corrected chi connectivity index (χ0v) is 10.4. The number of nitrogens with zero attached hydrogens (tertiary/aromatic N) is 1. The number of carbonyl (C=O) groups excluding carboxylic acids is 1. The highest BCUT2D eigenvalue weighted by atomic mass is 16.2. The van der Waals surface area contributed by atoms with Crippen LogP contribution in [0.5, 0.6) is 0 Å². The van der Waals surface area contributed by atoms with Crippen molar-refractivity contribution in [1.29, 1.82) is 0 Å². The normalized spacial score (nSPS) is 20.4. The average Bonchev–Trinajstić information content (AvgIpc) is 2.79. The van der Waals surface area contributed by atoms with Gasteiger partial charge < -0.3 is 5.32 Å². The molecule has 0 aliphatic carbocycles. The van der Waals surface area contributed by atoms with Gasteiger partial charge in [-0.25, -0.2) is 0 Å². The summed E-state index contributed by atoms with van der Waals surface area (Å²) in [6, 6.07) is 10.6. The molecule has 1 fully saturated rings. The lowest BCUT2D eigenvalue weighted by Gasteiger charge is -2.15. The molecule has 0 bridgehead atoms. The maximum atomic E-state index is 11.5. The molecule has 0 radical (unpaired) electrons. The molecule has 3 heteroatoms. The van der Waals surface area contributed by atoms with Crippen LogP contribution >= 0.6 is 0 Å². The average molecular weight is 232 g/mol. The van der Waals surface area contributed by atoms with Crippen LogP contribution < -0.4 is 5.32 Å². The van der Waals surface area contributed by atoms with E-state index in [0.717, 1.165) is 26.1 Å². The fourth-order valence-corrected chi connectivity index (χ4v) is 2.43. The van der Waals surface area contributed by atoms with Gasteiger partial charge in [-0.2, -0.15) is 0 Å². The largest absolute Gasteiger partial charge is 0.355 e. The smallest absolute Gasteiger partial charge is 0.234 e. The van der Waals surface area contributed by atoms with Crippen molar-refractivity contribution in [2.45, 2.75) is 19.3 Å². The predicted octanol–water partition coefficient (Wildman–Crippen LogP) is 1.61. The van der Waals surface area contributed by atoms with Crippen molar-refractivity contribution in [3.63, 3.8) is 0 Å². The summed E-state index contributed by atoms with van der Waals surface area (Å²) in [7, 11) is 0. The van der Waals surface area contributed by atoms with E-state index < -0.39 is 0 Å². The summed E-state index contributed by atoms with van der Waals surface area (Å²) in [5, 5.41) is 2.85. The second-order valence-electron chi connectivity index (χ2n) is 4.58. The molecule has 1 aliphatic heterocycles. The summed E-state index contributed by atoms with van der Waals surface area (Å²) in [5.41, 5.74) is 1.39. The Morgan fingerprint density at radius 3 is 2.88 bits per heavy atom. The molecule has 1 aromatic carbocycles. The van der Waals surface area contributed by atoms with E-state index >= 15 is 0 Å². The van der Waals surface area contributed by atoms with Crippen molar-refractivity contribution < 1.29 is 4.79 Å². The van der Waals surface area contributed by atoms with Gasteiger partial charge in [0.25, 0.3) is 0 Å². The van der Waals surface area contributed by atoms with Gasteiger partial charge in [-0.15, -0.1) is 0 Å². The van der Waals surface area contributed by atoms with E-state index in [1.54, 1.807) is 0 Å². The molecule has 1 aromatic rings. The van der Waals surface area contributed by atoms with Crippen LogP contribution in [0.25, 0.3) is 0 Å². The Bertz CT molecular complexity index is 364. The van der Waals surface area contributed by atoms with Crippen LogP contribution in [-0.2, 0) is 4.79 Å². The number of hydrogen-bond donors (Lipinski definition) is 1. The molecular formula is C14H20N2O. The number of rotatable bonds is 4. The summed E-state index contributed by atoms with van der Waals surface area (Å²) >= 11 is 0. The first-order valence-corrected chi connectivity index (χ1v) is 6.33. The summed E-state index contributed by atoms with van der Waals surface area (Å²) < 4.78 is 0. The number of benzene rings is 1. The highest BCUT2D eigenvalue weighted by molar-refractivity contribution is 5.77. The monoisotopic (exact) mass is 232 g/mol. The Morgan fingerprint density at radius 1 is 1.41 bits per heavy atom. The molecule has 0 spiro atoms. The van der Waals surface area contributed by atoms with Crippen LogP contribution in [0.3, 0.4) is 0 Å². The lowest BCUT2D eigenvalue weighted by molar-refractivity contribution is -0.121. The van der Waals surface area contributed by atoms with Crippen molar-refractivity contribution in [2.75, 3.05) is 26.2 Å². The molecule has 3 nitrogen and oxygen atoms in total. The zero-order valence-electron chi connectivity index (χ0n) is 10.4. The number of hydrogen-bond acceptors (Lipinski definition) is 2. The number of likely N-dealkylation sites (tertiary alicyclic amines) is 1. The van der Waals surface area contributed by atoms with Gasteiger partial charge >= 0.3 is 0 Å². The van der Waals surface area contributed by atoms with Crippen molar-refractivity contribution in [2.24, 2.45) is 0 Å². The van der Waals surface area contributed by atoms with E-state index in [-0.39, 0.29) is 5.91 Å². The first kappa shape index (κ1) is 12.1. The van der Waals surface area contributed by atoms with Crippen LogP contribution in [-0.4, -0.2) is 37.0 Å². The summed E-state index contributed by atoms with van der Waals surface area (Å²) in [6.45, 7) is 5.23. The number of nitrogens with one attached hydrogen (secondary N) is 1.